The lowest BCUT2D eigenvalue weighted by molar-refractivity contribution is 0.0581. The molecule has 1 aromatic carbocycles. The molecule has 1 unspecified atom stereocenters. The molecule has 0 aliphatic carbocycles. The highest BCUT2D eigenvalue weighted by Crippen LogP contribution is 2.24. The van der Waals surface area contributed by atoms with Crippen molar-refractivity contribution in [2.45, 2.75) is 19.4 Å². The summed E-state index contributed by atoms with van der Waals surface area (Å²) in [6.07, 6.45) is 0.990. The van der Waals surface area contributed by atoms with Gasteiger partial charge in [0.15, 0.2) is 0 Å². The molecule has 0 aliphatic heterocycles. The summed E-state index contributed by atoms with van der Waals surface area (Å²) in [5.74, 6) is -0.230. The molecule has 0 amide bonds. The second-order valence-electron chi connectivity index (χ2n) is 4.22. The van der Waals surface area contributed by atoms with Gasteiger partial charge in [-0.3, -0.25) is 0 Å². The molecule has 5 heteroatoms. The van der Waals surface area contributed by atoms with Gasteiger partial charge in [0.25, 0.3) is 0 Å². The van der Waals surface area contributed by atoms with Crippen LogP contribution in [0.1, 0.15) is 24.9 Å². The van der Waals surface area contributed by atoms with E-state index in [0.717, 1.165) is 13.0 Å². The summed E-state index contributed by atoms with van der Waals surface area (Å²) in [6, 6.07) is 5.17. The summed E-state index contributed by atoms with van der Waals surface area (Å²) in [7, 11) is 1.63. The number of methoxy groups -OCH3 is 1. The average Bonchev–Trinajstić information content (AvgIpc) is 2.42. The summed E-state index contributed by atoms with van der Waals surface area (Å²) in [6.45, 7) is 4.38. The van der Waals surface area contributed by atoms with E-state index in [4.69, 9.17) is 9.47 Å². The van der Waals surface area contributed by atoms with Gasteiger partial charge in [0.05, 0.1) is 30.3 Å². The predicted molar refractivity (Wildman–Crippen MR) is 77.8 cm³/mol. The van der Waals surface area contributed by atoms with Crippen LogP contribution >= 0.6 is 15.9 Å². The summed E-state index contributed by atoms with van der Waals surface area (Å²) in [5, 5.41) is 3.30. The van der Waals surface area contributed by atoms with E-state index in [1.807, 2.05) is 6.07 Å². The molecule has 19 heavy (non-hydrogen) atoms. The van der Waals surface area contributed by atoms with Gasteiger partial charge < -0.3 is 14.8 Å². The van der Waals surface area contributed by atoms with Crippen molar-refractivity contribution in [2.24, 2.45) is 0 Å². The Morgan fingerprint density at radius 2 is 2.16 bits per heavy atom. The fourth-order valence-corrected chi connectivity index (χ4v) is 2.09. The molecule has 0 aliphatic rings. The van der Waals surface area contributed by atoms with Crippen LogP contribution in [0.15, 0.2) is 22.7 Å². The molecule has 0 saturated carbocycles. The van der Waals surface area contributed by atoms with Crippen molar-refractivity contribution in [1.29, 1.82) is 0 Å². The van der Waals surface area contributed by atoms with Crippen molar-refractivity contribution in [2.75, 3.05) is 33.5 Å². The first kappa shape index (κ1) is 16.6. The number of hydrogen-bond acceptors (Lipinski definition) is 3. The quantitative estimate of drug-likeness (QED) is 0.703. The number of hydrogen-bond donors (Lipinski definition) is 1. The molecule has 0 fully saturated rings. The molecule has 0 aromatic heterocycles. The number of nitrogens with one attached hydrogen (secondary N) is 1. The zero-order valence-corrected chi connectivity index (χ0v) is 13.0. The van der Waals surface area contributed by atoms with Crippen LogP contribution in [0.25, 0.3) is 0 Å². The molecule has 3 nitrogen and oxygen atoms in total. The third kappa shape index (κ3) is 5.57. The van der Waals surface area contributed by atoms with Crippen LogP contribution in [0.5, 0.6) is 0 Å². The van der Waals surface area contributed by atoms with Gasteiger partial charge in [0, 0.05) is 12.7 Å². The number of benzene rings is 1. The van der Waals surface area contributed by atoms with Gasteiger partial charge in [-0.25, -0.2) is 4.39 Å². The van der Waals surface area contributed by atoms with Crippen LogP contribution in [0, 0.1) is 5.82 Å². The Bertz CT molecular complexity index is 376. The molecule has 0 saturated heterocycles. The van der Waals surface area contributed by atoms with Gasteiger partial charge in [-0.05, 0) is 35.0 Å². The van der Waals surface area contributed by atoms with Crippen molar-refractivity contribution in [3.63, 3.8) is 0 Å². The van der Waals surface area contributed by atoms with Gasteiger partial charge in [-0.2, -0.15) is 0 Å². The van der Waals surface area contributed by atoms with Crippen LogP contribution in [0.3, 0.4) is 0 Å². The second kappa shape index (κ2) is 9.42. The average molecular weight is 334 g/mol. The maximum absolute atomic E-state index is 14.1. The molecule has 1 rings (SSSR count). The molecule has 1 aromatic rings. The van der Waals surface area contributed by atoms with E-state index in [1.165, 1.54) is 0 Å². The maximum Gasteiger partial charge on any atom is 0.142 e. The van der Waals surface area contributed by atoms with Crippen LogP contribution in [-0.2, 0) is 9.47 Å². The highest BCUT2D eigenvalue weighted by molar-refractivity contribution is 9.10. The van der Waals surface area contributed by atoms with Crippen molar-refractivity contribution < 1.29 is 13.9 Å². The van der Waals surface area contributed by atoms with Crippen LogP contribution in [0.4, 0.5) is 4.39 Å². The van der Waals surface area contributed by atoms with Crippen molar-refractivity contribution in [1.82, 2.24) is 5.32 Å². The first-order valence-electron chi connectivity index (χ1n) is 6.44. The normalized spacial score (nSPS) is 12.6. The predicted octanol–water partition coefficient (Wildman–Crippen LogP) is 3.29. The van der Waals surface area contributed by atoms with E-state index < -0.39 is 0 Å². The molecule has 0 radical (unpaired) electrons. The van der Waals surface area contributed by atoms with Crippen LogP contribution < -0.4 is 5.32 Å². The van der Waals surface area contributed by atoms with Gasteiger partial charge in [-0.15, -0.1) is 0 Å². The summed E-state index contributed by atoms with van der Waals surface area (Å²) in [5.41, 5.74) is 0.625. The molecular formula is C14H21BrFNO2. The van der Waals surface area contributed by atoms with Gasteiger partial charge >= 0.3 is 0 Å². The molecule has 1 N–H and O–H groups in total. The van der Waals surface area contributed by atoms with E-state index in [-0.39, 0.29) is 11.9 Å². The molecular weight excluding hydrogens is 313 g/mol. The number of ether oxygens (including phenoxy) is 2. The van der Waals surface area contributed by atoms with E-state index >= 15 is 0 Å². The zero-order valence-electron chi connectivity index (χ0n) is 11.4. The lowest BCUT2D eigenvalue weighted by Crippen LogP contribution is -2.27. The van der Waals surface area contributed by atoms with E-state index in [2.05, 4.69) is 28.2 Å². The highest BCUT2D eigenvalue weighted by atomic mass is 79.9. The van der Waals surface area contributed by atoms with E-state index in [9.17, 15) is 4.39 Å². The van der Waals surface area contributed by atoms with Crippen LogP contribution in [0.2, 0.25) is 0 Å². The molecule has 0 spiro atoms. The summed E-state index contributed by atoms with van der Waals surface area (Å²) >= 11 is 3.21. The Kier molecular flexibility index (Phi) is 8.21. The van der Waals surface area contributed by atoms with Gasteiger partial charge in [-0.1, -0.05) is 19.1 Å². The standard InChI is InChI=1S/C14H21BrFNO2/c1-3-7-17-13(10-19-9-8-18-2)11-5-4-6-12(15)14(11)16/h4-6,13,17H,3,7-10H2,1-2H3. The highest BCUT2D eigenvalue weighted by Gasteiger charge is 2.16. The Balaban J connectivity index is 2.69. The van der Waals surface area contributed by atoms with Crippen LogP contribution in [-0.4, -0.2) is 33.5 Å². The third-order valence-corrected chi connectivity index (χ3v) is 3.33. The van der Waals surface area contributed by atoms with Crippen molar-refractivity contribution in [3.05, 3.63) is 34.1 Å². The summed E-state index contributed by atoms with van der Waals surface area (Å²) < 4.78 is 25.0. The first-order chi connectivity index (χ1) is 9.20. The largest absolute Gasteiger partial charge is 0.382 e. The minimum Gasteiger partial charge on any atom is -0.382 e. The Labute approximate surface area is 122 Å². The van der Waals surface area contributed by atoms with Crippen molar-refractivity contribution >= 4 is 15.9 Å². The number of rotatable bonds is 9. The topological polar surface area (TPSA) is 30.5 Å². The minimum absolute atomic E-state index is 0.144. The Hall–Kier alpha value is -0.490. The second-order valence-corrected chi connectivity index (χ2v) is 5.07. The lowest BCUT2D eigenvalue weighted by Gasteiger charge is -2.20. The Morgan fingerprint density at radius 1 is 1.37 bits per heavy atom. The maximum atomic E-state index is 14.1. The molecule has 0 heterocycles. The molecule has 0 bridgehead atoms. The summed E-state index contributed by atoms with van der Waals surface area (Å²) in [4.78, 5) is 0. The smallest absolute Gasteiger partial charge is 0.142 e. The zero-order chi connectivity index (χ0) is 14.1. The van der Waals surface area contributed by atoms with Gasteiger partial charge in [0.1, 0.15) is 5.82 Å². The fraction of sp³-hybridized carbons (Fsp3) is 0.571. The van der Waals surface area contributed by atoms with E-state index in [1.54, 1.807) is 19.2 Å². The lowest BCUT2D eigenvalue weighted by atomic mass is 10.1. The minimum atomic E-state index is -0.230. The van der Waals surface area contributed by atoms with Crippen molar-refractivity contribution in [3.8, 4) is 0 Å². The third-order valence-electron chi connectivity index (χ3n) is 2.71. The Morgan fingerprint density at radius 3 is 2.84 bits per heavy atom. The number of halogens is 2. The molecule has 108 valence electrons. The fourth-order valence-electron chi connectivity index (χ4n) is 1.71. The monoisotopic (exact) mass is 333 g/mol. The first-order valence-corrected chi connectivity index (χ1v) is 7.24. The molecule has 1 atom stereocenters. The SMILES string of the molecule is CCCNC(COCCOC)c1cccc(Br)c1F. The van der Waals surface area contributed by atoms with E-state index in [0.29, 0.717) is 29.9 Å². The van der Waals surface area contributed by atoms with Gasteiger partial charge in [0.2, 0.25) is 0 Å².